The number of anilines is 1. The molecule has 0 bridgehead atoms. The standard InChI is InChI=1S/C9H11N3O/c1-7-6-13-12-11-9-5-3-2-4-8(9)10-7/h2-5,7,10H,6H2,1H3/t7-/m0/s1. The van der Waals surface area contributed by atoms with Gasteiger partial charge in [-0.05, 0) is 19.1 Å². The van der Waals surface area contributed by atoms with Gasteiger partial charge in [-0.25, -0.2) is 0 Å². The van der Waals surface area contributed by atoms with Crippen LogP contribution in [-0.4, -0.2) is 12.6 Å². The molecule has 0 radical (unpaired) electrons. The Labute approximate surface area is 76.6 Å². The highest BCUT2D eigenvalue weighted by Crippen LogP contribution is 2.26. The number of fused-ring (bicyclic) bond motifs is 1. The Morgan fingerprint density at radius 3 is 3.23 bits per heavy atom. The van der Waals surface area contributed by atoms with E-state index in [2.05, 4.69) is 15.7 Å². The van der Waals surface area contributed by atoms with Crippen molar-refractivity contribution < 1.29 is 4.84 Å². The fourth-order valence-corrected chi connectivity index (χ4v) is 1.21. The van der Waals surface area contributed by atoms with Crippen molar-refractivity contribution in [1.29, 1.82) is 0 Å². The van der Waals surface area contributed by atoms with Crippen LogP contribution in [0, 0.1) is 0 Å². The minimum atomic E-state index is 0.250. The highest BCUT2D eigenvalue weighted by atomic mass is 16.6. The summed E-state index contributed by atoms with van der Waals surface area (Å²) in [5.41, 5.74) is 1.82. The van der Waals surface area contributed by atoms with Crippen LogP contribution in [0.4, 0.5) is 11.4 Å². The normalized spacial score (nSPS) is 20.5. The molecule has 4 nitrogen and oxygen atoms in total. The van der Waals surface area contributed by atoms with E-state index in [1.54, 1.807) is 0 Å². The molecule has 0 spiro atoms. The van der Waals surface area contributed by atoms with Gasteiger partial charge in [-0.15, -0.1) is 5.11 Å². The van der Waals surface area contributed by atoms with E-state index < -0.39 is 0 Å². The Morgan fingerprint density at radius 1 is 1.46 bits per heavy atom. The number of nitrogens with zero attached hydrogens (tertiary/aromatic N) is 2. The summed E-state index contributed by atoms with van der Waals surface area (Å²) in [4.78, 5) is 4.94. The van der Waals surface area contributed by atoms with Gasteiger partial charge in [0.1, 0.15) is 12.3 Å². The molecule has 0 saturated heterocycles. The zero-order valence-electron chi connectivity index (χ0n) is 7.40. The number of para-hydroxylation sites is 1. The first-order chi connectivity index (χ1) is 6.36. The lowest BCUT2D eigenvalue weighted by atomic mass is 10.2. The zero-order valence-corrected chi connectivity index (χ0v) is 7.40. The van der Waals surface area contributed by atoms with Gasteiger partial charge in [-0.1, -0.05) is 12.1 Å². The average molecular weight is 177 g/mol. The first-order valence-electron chi connectivity index (χ1n) is 4.25. The molecule has 1 aromatic carbocycles. The molecule has 1 aliphatic rings. The van der Waals surface area contributed by atoms with Gasteiger partial charge in [0, 0.05) is 5.28 Å². The Bertz CT molecular complexity index is 324. The SMILES string of the molecule is C[C@H]1CON=Nc2ccccc2N1. The van der Waals surface area contributed by atoms with E-state index in [0.717, 1.165) is 11.4 Å². The van der Waals surface area contributed by atoms with Crippen LogP contribution in [0.15, 0.2) is 34.7 Å². The Hall–Kier alpha value is -1.58. The average Bonchev–Trinajstić information content (AvgIpc) is 2.11. The molecule has 13 heavy (non-hydrogen) atoms. The third kappa shape index (κ3) is 1.77. The first kappa shape index (κ1) is 8.04. The fraction of sp³-hybridized carbons (Fsp3) is 0.333. The van der Waals surface area contributed by atoms with Crippen LogP contribution >= 0.6 is 0 Å². The third-order valence-corrected chi connectivity index (χ3v) is 1.84. The van der Waals surface area contributed by atoms with Crippen molar-refractivity contribution in [3.63, 3.8) is 0 Å². The molecule has 0 aromatic heterocycles. The van der Waals surface area contributed by atoms with Crippen LogP contribution in [0.3, 0.4) is 0 Å². The van der Waals surface area contributed by atoms with Gasteiger partial charge in [0.2, 0.25) is 0 Å². The molecule has 0 amide bonds. The fourth-order valence-electron chi connectivity index (χ4n) is 1.21. The van der Waals surface area contributed by atoms with E-state index in [1.807, 2.05) is 31.2 Å². The second-order valence-corrected chi connectivity index (χ2v) is 3.04. The summed E-state index contributed by atoms with van der Waals surface area (Å²) in [5.74, 6) is 0. The molecule has 1 aromatic rings. The van der Waals surface area contributed by atoms with Gasteiger partial charge in [0.15, 0.2) is 0 Å². The Morgan fingerprint density at radius 2 is 2.31 bits per heavy atom. The van der Waals surface area contributed by atoms with Gasteiger partial charge in [0.05, 0.1) is 11.7 Å². The summed E-state index contributed by atoms with van der Waals surface area (Å²) in [6, 6.07) is 8.02. The predicted molar refractivity (Wildman–Crippen MR) is 50.0 cm³/mol. The lowest BCUT2D eigenvalue weighted by molar-refractivity contribution is 0.119. The smallest absolute Gasteiger partial charge is 0.138 e. The van der Waals surface area contributed by atoms with Crippen molar-refractivity contribution >= 4 is 11.4 Å². The molecule has 1 atom stereocenters. The van der Waals surface area contributed by atoms with Gasteiger partial charge in [0.25, 0.3) is 0 Å². The van der Waals surface area contributed by atoms with Crippen molar-refractivity contribution in [2.24, 2.45) is 10.4 Å². The van der Waals surface area contributed by atoms with Crippen LogP contribution in [0.25, 0.3) is 0 Å². The number of benzene rings is 1. The van der Waals surface area contributed by atoms with E-state index in [1.165, 1.54) is 0 Å². The van der Waals surface area contributed by atoms with Gasteiger partial charge < -0.3 is 10.2 Å². The van der Waals surface area contributed by atoms with Crippen LogP contribution in [0.2, 0.25) is 0 Å². The first-order valence-corrected chi connectivity index (χ1v) is 4.25. The Kier molecular flexibility index (Phi) is 2.12. The van der Waals surface area contributed by atoms with E-state index in [9.17, 15) is 0 Å². The molecule has 1 N–H and O–H groups in total. The maximum Gasteiger partial charge on any atom is 0.138 e. The molecule has 2 rings (SSSR count). The molecule has 1 aliphatic heterocycles. The van der Waals surface area contributed by atoms with Crippen molar-refractivity contribution in [3.05, 3.63) is 24.3 Å². The monoisotopic (exact) mass is 177 g/mol. The topological polar surface area (TPSA) is 46.0 Å². The van der Waals surface area contributed by atoms with Crippen molar-refractivity contribution in [3.8, 4) is 0 Å². The molecule has 1 heterocycles. The molecular formula is C9H11N3O. The number of nitrogens with one attached hydrogen (secondary N) is 1. The Balaban J connectivity index is 2.36. The lowest BCUT2D eigenvalue weighted by Gasteiger charge is -2.16. The van der Waals surface area contributed by atoms with Crippen LogP contribution in [0.5, 0.6) is 0 Å². The van der Waals surface area contributed by atoms with Gasteiger partial charge >= 0.3 is 0 Å². The number of rotatable bonds is 0. The quantitative estimate of drug-likeness (QED) is 0.661. The summed E-state index contributed by atoms with van der Waals surface area (Å²) in [5, 5.41) is 10.8. The molecule has 0 saturated carbocycles. The second kappa shape index (κ2) is 3.43. The number of hydrogen-bond acceptors (Lipinski definition) is 4. The summed E-state index contributed by atoms with van der Waals surface area (Å²) >= 11 is 0. The summed E-state index contributed by atoms with van der Waals surface area (Å²) < 4.78 is 0. The van der Waals surface area contributed by atoms with E-state index >= 15 is 0 Å². The maximum atomic E-state index is 4.94. The predicted octanol–water partition coefficient (Wildman–Crippen LogP) is 2.52. The largest absolute Gasteiger partial charge is 0.377 e. The molecular weight excluding hydrogens is 166 g/mol. The second-order valence-electron chi connectivity index (χ2n) is 3.04. The van der Waals surface area contributed by atoms with Crippen molar-refractivity contribution in [2.75, 3.05) is 11.9 Å². The van der Waals surface area contributed by atoms with Crippen LogP contribution < -0.4 is 5.32 Å². The summed E-state index contributed by atoms with van der Waals surface area (Å²) in [6.07, 6.45) is 0. The summed E-state index contributed by atoms with van der Waals surface area (Å²) in [7, 11) is 0. The van der Waals surface area contributed by atoms with E-state index in [-0.39, 0.29) is 6.04 Å². The molecule has 0 fully saturated rings. The molecule has 0 unspecified atom stereocenters. The van der Waals surface area contributed by atoms with Crippen LogP contribution in [-0.2, 0) is 4.84 Å². The van der Waals surface area contributed by atoms with Crippen molar-refractivity contribution in [1.82, 2.24) is 0 Å². The number of hydrogen-bond donors (Lipinski definition) is 1. The van der Waals surface area contributed by atoms with E-state index in [4.69, 9.17) is 4.84 Å². The minimum absolute atomic E-state index is 0.250. The minimum Gasteiger partial charge on any atom is -0.377 e. The van der Waals surface area contributed by atoms with Gasteiger partial charge in [-0.3, -0.25) is 0 Å². The zero-order chi connectivity index (χ0) is 9.10. The van der Waals surface area contributed by atoms with E-state index in [0.29, 0.717) is 6.61 Å². The lowest BCUT2D eigenvalue weighted by Crippen LogP contribution is -2.21. The summed E-state index contributed by atoms with van der Waals surface area (Å²) in [6.45, 7) is 2.58. The molecule has 4 heteroatoms. The third-order valence-electron chi connectivity index (χ3n) is 1.84. The van der Waals surface area contributed by atoms with Crippen LogP contribution in [0.1, 0.15) is 6.92 Å². The highest BCUT2D eigenvalue weighted by molar-refractivity contribution is 5.65. The van der Waals surface area contributed by atoms with Crippen molar-refractivity contribution in [2.45, 2.75) is 13.0 Å². The maximum absolute atomic E-state index is 4.94. The molecule has 68 valence electrons. The molecule has 0 aliphatic carbocycles. The van der Waals surface area contributed by atoms with Gasteiger partial charge in [-0.2, -0.15) is 0 Å². The highest BCUT2D eigenvalue weighted by Gasteiger charge is 2.08.